The Morgan fingerprint density at radius 3 is 2.49 bits per heavy atom. The third-order valence-corrected chi connectivity index (χ3v) is 6.22. The number of nitrogens with one attached hydrogen (secondary N) is 1. The zero-order chi connectivity index (χ0) is 26.4. The number of carbonyl (C=O) groups excluding carboxylic acids is 1. The fourth-order valence-corrected chi connectivity index (χ4v) is 3.92. The Balaban J connectivity index is 1.28. The first-order valence-corrected chi connectivity index (χ1v) is 12.1. The predicted molar refractivity (Wildman–Crippen MR) is 138 cm³/mol. The summed E-state index contributed by atoms with van der Waals surface area (Å²) < 4.78 is 16.7. The summed E-state index contributed by atoms with van der Waals surface area (Å²) >= 11 is 0. The van der Waals surface area contributed by atoms with Crippen molar-refractivity contribution in [2.24, 2.45) is 11.1 Å². The zero-order valence-corrected chi connectivity index (χ0v) is 20.9. The Hall–Kier alpha value is -4.11. The minimum atomic E-state index is -1.41. The normalized spacial score (nSPS) is 13.2. The second-order valence-corrected chi connectivity index (χ2v) is 9.49. The van der Waals surface area contributed by atoms with E-state index < -0.39 is 17.6 Å². The van der Waals surface area contributed by atoms with E-state index in [0.717, 1.165) is 46.7 Å². The number of fused-ring (bicyclic) bond motifs is 1. The van der Waals surface area contributed by atoms with Crippen LogP contribution in [-0.4, -0.2) is 41.5 Å². The van der Waals surface area contributed by atoms with Crippen molar-refractivity contribution < 1.29 is 28.9 Å². The Kier molecular flexibility index (Phi) is 7.93. The second kappa shape index (κ2) is 11.3. The van der Waals surface area contributed by atoms with Crippen molar-refractivity contribution in [3.05, 3.63) is 60.7 Å². The quantitative estimate of drug-likeness (QED) is 0.261. The maximum absolute atomic E-state index is 12.3. The number of amides is 1. The molecule has 0 aliphatic carbocycles. The number of ether oxygens (including phenoxy) is 3. The number of nitrogens with zero attached hydrogens (tertiary/aromatic N) is 1. The van der Waals surface area contributed by atoms with E-state index in [0.29, 0.717) is 18.9 Å². The largest absolute Gasteiger partial charge is 0.479 e. The van der Waals surface area contributed by atoms with Crippen LogP contribution in [0.4, 0.5) is 0 Å². The smallest absolute Gasteiger partial charge is 0.341 e. The lowest BCUT2D eigenvalue weighted by atomic mass is 9.86. The molecule has 1 atom stereocenters. The van der Waals surface area contributed by atoms with Crippen LogP contribution in [0.5, 0.6) is 17.4 Å². The van der Waals surface area contributed by atoms with Crippen molar-refractivity contribution in [1.29, 1.82) is 0 Å². The molecule has 1 amide bonds. The number of carbonyl (C=O) groups is 2. The van der Waals surface area contributed by atoms with Gasteiger partial charge in [0.1, 0.15) is 0 Å². The highest BCUT2D eigenvalue weighted by Gasteiger charge is 2.29. The van der Waals surface area contributed by atoms with Gasteiger partial charge in [-0.15, -0.1) is 0 Å². The van der Waals surface area contributed by atoms with Gasteiger partial charge in [-0.2, -0.15) is 0 Å². The minimum Gasteiger partial charge on any atom is -0.479 e. The molecule has 1 aliphatic heterocycles. The zero-order valence-electron chi connectivity index (χ0n) is 20.9. The van der Waals surface area contributed by atoms with E-state index in [-0.39, 0.29) is 12.7 Å². The van der Waals surface area contributed by atoms with Crippen LogP contribution in [0.15, 0.2) is 60.7 Å². The number of carboxylic acids is 1. The number of nitrogens with two attached hydrogens (primary N) is 1. The molecular weight excluding hydrogens is 474 g/mol. The lowest BCUT2D eigenvalue weighted by Gasteiger charge is -2.24. The standard InChI is InChI=1S/C28H31N3O6/c1-28(2,27(34)31-25(29)26(32)33)14-3-4-15-35-24-7-5-6-21(30-24)19-10-8-18(9-11-19)20-12-13-22-23(16-20)37-17-36-22/h5-13,16,25H,3-4,14-15,17,29H2,1-2H3,(H,31,34)(H,32,33). The minimum absolute atomic E-state index is 0.251. The van der Waals surface area contributed by atoms with Gasteiger partial charge in [0, 0.05) is 17.0 Å². The molecule has 37 heavy (non-hydrogen) atoms. The molecule has 0 radical (unpaired) electrons. The number of benzene rings is 2. The number of carboxylic acid groups (broad SMARTS) is 1. The highest BCUT2D eigenvalue weighted by atomic mass is 16.7. The van der Waals surface area contributed by atoms with Gasteiger partial charge in [0.05, 0.1) is 12.3 Å². The summed E-state index contributed by atoms with van der Waals surface area (Å²) in [6.45, 7) is 4.23. The molecule has 2 heterocycles. The monoisotopic (exact) mass is 505 g/mol. The SMILES string of the molecule is CC(C)(CCCCOc1cccc(-c2ccc(-c3ccc4c(c3)OCO4)cc2)n1)C(=O)NC(N)C(=O)O. The van der Waals surface area contributed by atoms with Crippen LogP contribution in [0.2, 0.25) is 0 Å². The highest BCUT2D eigenvalue weighted by Crippen LogP contribution is 2.36. The van der Waals surface area contributed by atoms with Crippen LogP contribution >= 0.6 is 0 Å². The molecule has 9 nitrogen and oxygen atoms in total. The van der Waals surface area contributed by atoms with E-state index >= 15 is 0 Å². The molecule has 0 saturated carbocycles. The van der Waals surface area contributed by atoms with Crippen LogP contribution in [0.25, 0.3) is 22.4 Å². The maximum atomic E-state index is 12.3. The molecule has 2 aromatic carbocycles. The van der Waals surface area contributed by atoms with Crippen LogP contribution in [-0.2, 0) is 9.59 Å². The molecule has 0 bridgehead atoms. The van der Waals surface area contributed by atoms with Gasteiger partial charge < -0.3 is 30.4 Å². The summed E-state index contributed by atoms with van der Waals surface area (Å²) in [5.74, 6) is 0.385. The Morgan fingerprint density at radius 1 is 1.03 bits per heavy atom. The molecule has 1 unspecified atom stereocenters. The summed E-state index contributed by atoms with van der Waals surface area (Å²) in [6, 6.07) is 19.7. The topological polar surface area (TPSA) is 133 Å². The molecule has 3 aromatic rings. The van der Waals surface area contributed by atoms with Gasteiger partial charge in [-0.3, -0.25) is 4.79 Å². The lowest BCUT2D eigenvalue weighted by molar-refractivity contribution is -0.143. The van der Waals surface area contributed by atoms with Gasteiger partial charge in [-0.1, -0.05) is 50.2 Å². The Labute approximate surface area is 215 Å². The van der Waals surface area contributed by atoms with E-state index in [1.54, 1.807) is 13.8 Å². The summed E-state index contributed by atoms with van der Waals surface area (Å²) in [7, 11) is 0. The third kappa shape index (κ3) is 6.56. The van der Waals surface area contributed by atoms with Crippen LogP contribution in [0, 0.1) is 5.41 Å². The van der Waals surface area contributed by atoms with Gasteiger partial charge in [0.25, 0.3) is 0 Å². The van der Waals surface area contributed by atoms with Crippen molar-refractivity contribution >= 4 is 11.9 Å². The van der Waals surface area contributed by atoms with Crippen molar-refractivity contribution in [2.75, 3.05) is 13.4 Å². The number of aliphatic carboxylic acids is 1. The third-order valence-electron chi connectivity index (χ3n) is 6.22. The van der Waals surface area contributed by atoms with E-state index in [1.165, 1.54) is 0 Å². The summed E-state index contributed by atoms with van der Waals surface area (Å²) in [5.41, 5.74) is 8.55. The average molecular weight is 506 g/mol. The fourth-order valence-electron chi connectivity index (χ4n) is 3.92. The van der Waals surface area contributed by atoms with E-state index in [2.05, 4.69) is 10.3 Å². The number of hydrogen-bond donors (Lipinski definition) is 3. The molecule has 9 heteroatoms. The Morgan fingerprint density at radius 2 is 1.73 bits per heavy atom. The maximum Gasteiger partial charge on any atom is 0.341 e. The van der Waals surface area contributed by atoms with Gasteiger partial charge in [-0.05, 0) is 48.6 Å². The molecule has 0 fully saturated rings. The van der Waals surface area contributed by atoms with E-state index in [1.807, 2.05) is 60.7 Å². The summed E-state index contributed by atoms with van der Waals surface area (Å²) in [6.07, 6.45) is 0.604. The molecule has 4 N–H and O–H groups in total. The lowest BCUT2D eigenvalue weighted by Crippen LogP contribution is -2.51. The molecule has 1 aromatic heterocycles. The number of aromatic nitrogens is 1. The molecular formula is C28H31N3O6. The summed E-state index contributed by atoms with van der Waals surface area (Å²) in [5, 5.41) is 11.2. The van der Waals surface area contributed by atoms with Gasteiger partial charge in [0.2, 0.25) is 18.6 Å². The first-order valence-electron chi connectivity index (χ1n) is 12.1. The first-order chi connectivity index (χ1) is 17.7. The summed E-state index contributed by atoms with van der Waals surface area (Å²) in [4.78, 5) is 27.7. The molecule has 4 rings (SSSR count). The molecule has 194 valence electrons. The van der Waals surface area contributed by atoms with Gasteiger partial charge in [-0.25, -0.2) is 9.78 Å². The average Bonchev–Trinajstić information content (AvgIpc) is 3.36. The van der Waals surface area contributed by atoms with Gasteiger partial charge >= 0.3 is 5.97 Å². The fraction of sp³-hybridized carbons (Fsp3) is 0.321. The second-order valence-electron chi connectivity index (χ2n) is 9.49. The Bertz CT molecular complexity index is 1260. The van der Waals surface area contributed by atoms with E-state index in [4.69, 9.17) is 25.1 Å². The van der Waals surface area contributed by atoms with Crippen LogP contribution in [0.1, 0.15) is 33.1 Å². The van der Waals surface area contributed by atoms with Crippen molar-refractivity contribution in [3.63, 3.8) is 0 Å². The number of unbranched alkanes of at least 4 members (excludes halogenated alkanes) is 1. The van der Waals surface area contributed by atoms with Gasteiger partial charge in [0.15, 0.2) is 17.7 Å². The number of hydrogen-bond acceptors (Lipinski definition) is 7. The number of rotatable bonds is 11. The van der Waals surface area contributed by atoms with Crippen LogP contribution < -0.4 is 25.3 Å². The highest BCUT2D eigenvalue weighted by molar-refractivity contribution is 5.86. The van der Waals surface area contributed by atoms with Crippen molar-refractivity contribution in [2.45, 2.75) is 39.3 Å². The molecule has 0 spiro atoms. The van der Waals surface area contributed by atoms with E-state index in [9.17, 15) is 9.59 Å². The number of pyridine rings is 1. The molecule has 1 aliphatic rings. The first kappa shape index (κ1) is 26.0. The predicted octanol–water partition coefficient (Wildman–Crippen LogP) is 4.21. The van der Waals surface area contributed by atoms with Crippen molar-refractivity contribution in [3.8, 4) is 39.8 Å². The molecule has 0 saturated heterocycles. The van der Waals surface area contributed by atoms with Crippen molar-refractivity contribution in [1.82, 2.24) is 10.3 Å². The van der Waals surface area contributed by atoms with Crippen LogP contribution in [0.3, 0.4) is 0 Å².